The molecule has 0 aliphatic carbocycles. The van der Waals surface area contributed by atoms with Gasteiger partial charge in [0, 0.05) is 16.7 Å². The summed E-state index contributed by atoms with van der Waals surface area (Å²) in [4.78, 5) is 20.9. The second-order valence-electron chi connectivity index (χ2n) is 3.77. The number of carbonyl (C=O) groups is 1. The third-order valence-electron chi connectivity index (χ3n) is 2.59. The Morgan fingerprint density at radius 1 is 1.21 bits per heavy atom. The third-order valence-corrected chi connectivity index (χ3v) is 2.83. The van der Waals surface area contributed by atoms with Gasteiger partial charge in [-0.3, -0.25) is 14.9 Å². The van der Waals surface area contributed by atoms with Crippen molar-refractivity contribution >= 4 is 23.6 Å². The van der Waals surface area contributed by atoms with Gasteiger partial charge in [0.1, 0.15) is 5.82 Å². The highest BCUT2D eigenvalue weighted by Crippen LogP contribution is 2.29. The van der Waals surface area contributed by atoms with Gasteiger partial charge in [-0.15, -0.1) is 0 Å². The summed E-state index contributed by atoms with van der Waals surface area (Å²) < 4.78 is 13.7. The molecule has 0 atom stereocenters. The molecule has 2 aromatic carbocycles. The maximum atomic E-state index is 13.7. The van der Waals surface area contributed by atoms with Crippen LogP contribution >= 0.6 is 11.6 Å². The summed E-state index contributed by atoms with van der Waals surface area (Å²) in [5.74, 6) is -0.518. The topological polar surface area (TPSA) is 60.2 Å². The Hall–Kier alpha value is -2.27. The average Bonchev–Trinajstić information content (AvgIpc) is 2.40. The Morgan fingerprint density at radius 2 is 1.95 bits per heavy atom. The molecule has 0 aromatic heterocycles. The summed E-state index contributed by atoms with van der Waals surface area (Å²) in [5, 5.41) is 11.0. The second-order valence-corrected chi connectivity index (χ2v) is 4.21. The van der Waals surface area contributed by atoms with Gasteiger partial charge in [0.15, 0.2) is 6.29 Å². The van der Waals surface area contributed by atoms with E-state index in [1.54, 1.807) is 0 Å². The number of hydrogen-bond acceptors (Lipinski definition) is 3. The molecule has 0 N–H and O–H groups in total. The monoisotopic (exact) mass is 279 g/mol. The summed E-state index contributed by atoms with van der Waals surface area (Å²) in [7, 11) is 0. The molecule has 0 amide bonds. The van der Waals surface area contributed by atoms with Gasteiger partial charge in [0.2, 0.25) is 0 Å². The van der Waals surface area contributed by atoms with Crippen LogP contribution < -0.4 is 0 Å². The molecule has 96 valence electrons. The number of nitro groups is 1. The molecule has 0 bridgehead atoms. The van der Waals surface area contributed by atoms with E-state index in [-0.39, 0.29) is 16.8 Å². The smallest absolute Gasteiger partial charge is 0.279 e. The molecule has 4 nitrogen and oxygen atoms in total. The fraction of sp³-hybridized carbons (Fsp3) is 0. The van der Waals surface area contributed by atoms with Gasteiger partial charge in [-0.05, 0) is 35.9 Å². The molecule has 0 fully saturated rings. The fourth-order valence-electron chi connectivity index (χ4n) is 1.70. The molecule has 19 heavy (non-hydrogen) atoms. The first-order valence-electron chi connectivity index (χ1n) is 5.22. The van der Waals surface area contributed by atoms with Gasteiger partial charge in [0.25, 0.3) is 5.69 Å². The van der Waals surface area contributed by atoms with Crippen molar-refractivity contribution in [2.75, 3.05) is 0 Å². The van der Waals surface area contributed by atoms with E-state index in [9.17, 15) is 19.3 Å². The molecule has 0 heterocycles. The largest absolute Gasteiger partial charge is 0.298 e. The summed E-state index contributed by atoms with van der Waals surface area (Å²) in [6, 6.07) is 7.79. The molecular weight excluding hydrogens is 273 g/mol. The van der Waals surface area contributed by atoms with Crippen LogP contribution in [0.1, 0.15) is 10.4 Å². The number of aldehydes is 1. The van der Waals surface area contributed by atoms with Crippen molar-refractivity contribution in [1.29, 1.82) is 0 Å². The highest BCUT2D eigenvalue weighted by atomic mass is 35.5. The number of rotatable bonds is 3. The van der Waals surface area contributed by atoms with Crippen LogP contribution in [-0.4, -0.2) is 11.2 Å². The molecule has 0 saturated heterocycles. The molecule has 2 aromatic rings. The molecule has 0 radical (unpaired) electrons. The average molecular weight is 280 g/mol. The van der Waals surface area contributed by atoms with Crippen LogP contribution in [-0.2, 0) is 0 Å². The van der Waals surface area contributed by atoms with Gasteiger partial charge in [0.05, 0.1) is 10.5 Å². The highest BCUT2D eigenvalue weighted by molar-refractivity contribution is 6.30. The van der Waals surface area contributed by atoms with Gasteiger partial charge in [-0.25, -0.2) is 4.39 Å². The van der Waals surface area contributed by atoms with E-state index < -0.39 is 10.7 Å². The van der Waals surface area contributed by atoms with Crippen LogP contribution in [0.3, 0.4) is 0 Å². The third kappa shape index (κ3) is 2.61. The quantitative estimate of drug-likeness (QED) is 0.487. The molecule has 0 unspecified atom stereocenters. The van der Waals surface area contributed by atoms with Gasteiger partial charge >= 0.3 is 0 Å². The number of hydrogen-bond donors (Lipinski definition) is 0. The van der Waals surface area contributed by atoms with E-state index in [4.69, 9.17) is 11.6 Å². The number of nitrogens with zero attached hydrogens (tertiary/aromatic N) is 1. The fourth-order valence-corrected chi connectivity index (χ4v) is 1.87. The molecule has 0 spiro atoms. The van der Waals surface area contributed by atoms with E-state index in [0.29, 0.717) is 16.9 Å². The lowest BCUT2D eigenvalue weighted by molar-refractivity contribution is -0.385. The van der Waals surface area contributed by atoms with E-state index in [0.717, 1.165) is 0 Å². The minimum absolute atomic E-state index is 0.109. The SMILES string of the molecule is O=Cc1cc(-c2cc(Cl)ccc2F)ccc1[N+](=O)[O-]. The lowest BCUT2D eigenvalue weighted by Gasteiger charge is -2.05. The number of halogens is 2. The summed E-state index contributed by atoms with van der Waals surface area (Å²) in [6.45, 7) is 0. The minimum atomic E-state index is -0.665. The normalized spacial score (nSPS) is 10.2. The summed E-state index contributed by atoms with van der Waals surface area (Å²) >= 11 is 5.78. The predicted molar refractivity (Wildman–Crippen MR) is 68.9 cm³/mol. The van der Waals surface area contributed by atoms with Crippen molar-refractivity contribution in [2.24, 2.45) is 0 Å². The van der Waals surface area contributed by atoms with Crippen LogP contribution in [0.15, 0.2) is 36.4 Å². The van der Waals surface area contributed by atoms with Crippen molar-refractivity contribution in [3.63, 3.8) is 0 Å². The van der Waals surface area contributed by atoms with Gasteiger partial charge in [-0.2, -0.15) is 0 Å². The van der Waals surface area contributed by atoms with E-state index >= 15 is 0 Å². The predicted octanol–water partition coefficient (Wildman–Crippen LogP) is 3.87. The van der Waals surface area contributed by atoms with E-state index in [1.807, 2.05) is 0 Å². The first-order chi connectivity index (χ1) is 9.02. The Balaban J connectivity index is 2.61. The lowest BCUT2D eigenvalue weighted by atomic mass is 10.0. The Morgan fingerprint density at radius 3 is 2.58 bits per heavy atom. The van der Waals surface area contributed by atoms with E-state index in [2.05, 4.69) is 0 Å². The maximum Gasteiger partial charge on any atom is 0.279 e. The molecule has 0 aliphatic rings. The molecular formula is C13H7ClFNO3. The van der Waals surface area contributed by atoms with Crippen molar-refractivity contribution in [1.82, 2.24) is 0 Å². The number of carbonyl (C=O) groups excluding carboxylic acids is 1. The summed E-state index contributed by atoms with van der Waals surface area (Å²) in [5.41, 5.74) is 0.112. The summed E-state index contributed by atoms with van der Waals surface area (Å²) in [6.07, 6.45) is 0.365. The van der Waals surface area contributed by atoms with Crippen LogP contribution in [0.4, 0.5) is 10.1 Å². The van der Waals surface area contributed by atoms with Crippen LogP contribution in [0.25, 0.3) is 11.1 Å². The van der Waals surface area contributed by atoms with E-state index in [1.165, 1.54) is 36.4 Å². The van der Waals surface area contributed by atoms with Crippen LogP contribution in [0.2, 0.25) is 5.02 Å². The van der Waals surface area contributed by atoms with Gasteiger partial charge in [-0.1, -0.05) is 11.6 Å². The molecule has 0 aliphatic heterocycles. The maximum absolute atomic E-state index is 13.7. The molecule has 2 rings (SSSR count). The zero-order valence-electron chi connectivity index (χ0n) is 9.47. The first-order valence-corrected chi connectivity index (χ1v) is 5.60. The molecule has 6 heteroatoms. The first kappa shape index (κ1) is 13.2. The minimum Gasteiger partial charge on any atom is -0.298 e. The van der Waals surface area contributed by atoms with Gasteiger partial charge < -0.3 is 0 Å². The van der Waals surface area contributed by atoms with Crippen molar-refractivity contribution in [3.05, 3.63) is 62.9 Å². The Kier molecular flexibility index (Phi) is 3.57. The van der Waals surface area contributed by atoms with Crippen molar-refractivity contribution in [2.45, 2.75) is 0 Å². The highest BCUT2D eigenvalue weighted by Gasteiger charge is 2.15. The Labute approximate surface area is 112 Å². The van der Waals surface area contributed by atoms with Crippen LogP contribution in [0, 0.1) is 15.9 Å². The zero-order valence-corrected chi connectivity index (χ0v) is 10.2. The zero-order chi connectivity index (χ0) is 14.0. The molecule has 0 saturated carbocycles. The van der Waals surface area contributed by atoms with Crippen LogP contribution in [0.5, 0.6) is 0 Å². The lowest BCUT2D eigenvalue weighted by Crippen LogP contribution is -1.95. The van der Waals surface area contributed by atoms with Crippen molar-refractivity contribution in [3.8, 4) is 11.1 Å². The van der Waals surface area contributed by atoms with Crippen molar-refractivity contribution < 1.29 is 14.1 Å². The number of nitro benzene ring substituents is 1. The Bertz CT molecular complexity index is 673. The standard InChI is InChI=1S/C13H7ClFNO3/c14-10-2-3-12(15)11(6-10)8-1-4-13(16(18)19)9(5-8)7-17/h1-7H. The number of benzene rings is 2. The second kappa shape index (κ2) is 5.16.